The summed E-state index contributed by atoms with van der Waals surface area (Å²) in [5.74, 6) is -1.68. The number of nitrogens with zero attached hydrogens (tertiary/aromatic N) is 5. The van der Waals surface area contributed by atoms with Crippen molar-refractivity contribution in [3.8, 4) is 17.1 Å². The number of ether oxygens (including phenoxy) is 1. The van der Waals surface area contributed by atoms with Crippen LogP contribution in [0.3, 0.4) is 0 Å². The third-order valence-corrected chi connectivity index (χ3v) is 5.93. The molecule has 40 heavy (non-hydrogen) atoms. The number of halogens is 5. The second-order valence-electron chi connectivity index (χ2n) is 9.60. The van der Waals surface area contributed by atoms with Gasteiger partial charge in [-0.05, 0) is 32.9 Å². The molecule has 0 aliphatic rings. The van der Waals surface area contributed by atoms with Crippen LogP contribution in [0.4, 0.5) is 22.0 Å². The topological polar surface area (TPSA) is 136 Å². The number of alkyl halides is 4. The van der Waals surface area contributed by atoms with E-state index in [4.69, 9.17) is 4.74 Å². The molecule has 0 aliphatic carbocycles. The zero-order valence-corrected chi connectivity index (χ0v) is 21.3. The molecule has 0 saturated carbocycles. The van der Waals surface area contributed by atoms with E-state index in [1.165, 1.54) is 25.4 Å². The van der Waals surface area contributed by atoms with Crippen LogP contribution in [-0.4, -0.2) is 47.1 Å². The average Bonchev–Trinajstić information content (AvgIpc) is 2.84. The first-order valence-corrected chi connectivity index (χ1v) is 11.8. The molecule has 4 aromatic rings. The van der Waals surface area contributed by atoms with Crippen molar-refractivity contribution in [2.24, 2.45) is 0 Å². The van der Waals surface area contributed by atoms with Crippen LogP contribution in [0.1, 0.15) is 38.3 Å². The SMILES string of the molecule is C[C@H](C[C@H](F)Cn1cnc2cc(-c3ncc(C(C)(C)O)cn3)c(F)cc2c1=O)Oc1cn[nH]c(=O)c1C(F)(F)F. The van der Waals surface area contributed by atoms with Gasteiger partial charge in [-0.25, -0.2) is 28.8 Å². The first-order chi connectivity index (χ1) is 18.6. The normalized spacial score (nSPS) is 13.8. The number of aliphatic hydroxyl groups is 1. The van der Waals surface area contributed by atoms with Crippen molar-refractivity contribution < 1.29 is 31.8 Å². The van der Waals surface area contributed by atoms with Crippen LogP contribution < -0.4 is 15.9 Å². The summed E-state index contributed by atoms with van der Waals surface area (Å²) in [5, 5.41) is 14.9. The van der Waals surface area contributed by atoms with Gasteiger partial charge < -0.3 is 9.84 Å². The monoisotopic (exact) mass is 566 g/mol. The Balaban J connectivity index is 1.51. The Morgan fingerprint density at radius 3 is 2.40 bits per heavy atom. The van der Waals surface area contributed by atoms with Gasteiger partial charge in [-0.1, -0.05) is 0 Å². The van der Waals surface area contributed by atoms with E-state index in [0.29, 0.717) is 11.8 Å². The van der Waals surface area contributed by atoms with E-state index in [2.05, 4.69) is 20.1 Å². The van der Waals surface area contributed by atoms with Gasteiger partial charge in [-0.15, -0.1) is 0 Å². The van der Waals surface area contributed by atoms with Crippen molar-refractivity contribution in [3.63, 3.8) is 0 Å². The number of hydrogen-bond donors (Lipinski definition) is 2. The molecule has 2 atom stereocenters. The fourth-order valence-electron chi connectivity index (χ4n) is 3.92. The van der Waals surface area contributed by atoms with Gasteiger partial charge in [-0.3, -0.25) is 14.2 Å². The number of rotatable bonds is 8. The number of hydrogen-bond acceptors (Lipinski definition) is 8. The van der Waals surface area contributed by atoms with Crippen LogP contribution >= 0.6 is 0 Å². The maximum atomic E-state index is 14.9. The molecule has 0 bridgehead atoms. The predicted molar refractivity (Wildman–Crippen MR) is 132 cm³/mol. The van der Waals surface area contributed by atoms with Crippen molar-refractivity contribution in [1.29, 1.82) is 0 Å². The van der Waals surface area contributed by atoms with Crippen molar-refractivity contribution in [2.45, 2.75) is 57.8 Å². The number of benzene rings is 1. The van der Waals surface area contributed by atoms with E-state index in [9.17, 15) is 36.6 Å². The van der Waals surface area contributed by atoms with E-state index in [0.717, 1.165) is 17.0 Å². The van der Waals surface area contributed by atoms with Crippen LogP contribution in [0.5, 0.6) is 5.75 Å². The Morgan fingerprint density at radius 1 is 1.10 bits per heavy atom. The Morgan fingerprint density at radius 2 is 1.77 bits per heavy atom. The highest BCUT2D eigenvalue weighted by atomic mass is 19.4. The first kappa shape index (κ1) is 28.7. The van der Waals surface area contributed by atoms with E-state index >= 15 is 0 Å². The van der Waals surface area contributed by atoms with E-state index in [-0.39, 0.29) is 22.3 Å². The molecule has 0 fully saturated rings. The Hall–Kier alpha value is -4.27. The molecular weight excluding hydrogens is 543 g/mol. The molecule has 0 unspecified atom stereocenters. The number of aromatic amines is 1. The Bertz CT molecular complexity index is 1650. The number of nitrogens with one attached hydrogen (secondary N) is 1. The number of fused-ring (bicyclic) bond motifs is 1. The fraction of sp³-hybridized carbons (Fsp3) is 0.360. The molecule has 0 amide bonds. The van der Waals surface area contributed by atoms with Crippen LogP contribution in [-0.2, 0) is 18.3 Å². The lowest BCUT2D eigenvalue weighted by Crippen LogP contribution is -2.29. The third kappa shape index (κ3) is 6.14. The summed E-state index contributed by atoms with van der Waals surface area (Å²) >= 11 is 0. The van der Waals surface area contributed by atoms with E-state index < -0.39 is 65.3 Å². The van der Waals surface area contributed by atoms with Gasteiger partial charge in [0.1, 0.15) is 12.0 Å². The lowest BCUT2D eigenvalue weighted by atomic mass is 10.0. The van der Waals surface area contributed by atoms with Crippen LogP contribution in [0.15, 0.2) is 46.6 Å². The molecule has 15 heteroatoms. The fourth-order valence-corrected chi connectivity index (χ4v) is 3.92. The second kappa shape index (κ2) is 10.7. The van der Waals surface area contributed by atoms with Crippen LogP contribution in [0, 0.1) is 5.82 Å². The first-order valence-electron chi connectivity index (χ1n) is 11.8. The minimum atomic E-state index is -5.02. The molecular formula is C25H23F5N6O4. The highest BCUT2D eigenvalue weighted by Crippen LogP contribution is 2.33. The van der Waals surface area contributed by atoms with Gasteiger partial charge in [0.2, 0.25) is 0 Å². The molecule has 0 spiro atoms. The minimum absolute atomic E-state index is 0.000440. The highest BCUT2D eigenvalue weighted by Gasteiger charge is 2.38. The molecule has 10 nitrogen and oxygen atoms in total. The summed E-state index contributed by atoms with van der Waals surface area (Å²) in [6, 6.07) is 2.20. The summed E-state index contributed by atoms with van der Waals surface area (Å²) in [6.07, 6.45) is -3.95. The van der Waals surface area contributed by atoms with Gasteiger partial charge in [0.05, 0.1) is 47.2 Å². The standard InChI is InChI=1S/C25H23F5N6O4/c1-12(40-19-9-34-35-22(37)20(19)25(28,29)30)4-14(26)10-36-11-33-18-6-15(17(27)5-16(18)23(36)38)21-31-7-13(8-32-21)24(2,3)39/h5-9,11-12,14,39H,4,10H2,1-3H3,(H,35,37)/t12-,14+/m1/s1. The van der Waals surface area contributed by atoms with Gasteiger partial charge in [0.25, 0.3) is 11.1 Å². The van der Waals surface area contributed by atoms with E-state index in [1.807, 2.05) is 0 Å². The Kier molecular flexibility index (Phi) is 7.70. The molecule has 3 heterocycles. The summed E-state index contributed by atoms with van der Waals surface area (Å²) in [6.45, 7) is 3.83. The lowest BCUT2D eigenvalue weighted by molar-refractivity contribution is -0.140. The summed E-state index contributed by atoms with van der Waals surface area (Å²) < 4.78 is 75.4. The zero-order valence-electron chi connectivity index (χ0n) is 21.3. The minimum Gasteiger partial charge on any atom is -0.488 e. The van der Waals surface area contributed by atoms with Crippen LogP contribution in [0.25, 0.3) is 22.3 Å². The molecule has 1 aromatic carbocycles. The highest BCUT2D eigenvalue weighted by molar-refractivity contribution is 5.82. The van der Waals surface area contributed by atoms with Crippen LogP contribution in [0.2, 0.25) is 0 Å². The summed E-state index contributed by atoms with van der Waals surface area (Å²) in [7, 11) is 0. The average molecular weight is 566 g/mol. The van der Waals surface area contributed by atoms with Crippen molar-refractivity contribution in [2.75, 3.05) is 0 Å². The van der Waals surface area contributed by atoms with Crippen molar-refractivity contribution >= 4 is 10.9 Å². The smallest absolute Gasteiger partial charge is 0.425 e. The lowest BCUT2D eigenvalue weighted by Gasteiger charge is -2.19. The van der Waals surface area contributed by atoms with Crippen molar-refractivity contribution in [1.82, 2.24) is 29.7 Å². The molecule has 4 rings (SSSR count). The molecule has 0 aliphatic heterocycles. The second-order valence-corrected chi connectivity index (χ2v) is 9.60. The van der Waals surface area contributed by atoms with Gasteiger partial charge in [-0.2, -0.15) is 18.3 Å². The zero-order chi connectivity index (χ0) is 29.4. The molecule has 0 saturated heterocycles. The molecule has 2 N–H and O–H groups in total. The molecule has 3 aromatic heterocycles. The van der Waals surface area contributed by atoms with Gasteiger partial charge in [0, 0.05) is 24.4 Å². The van der Waals surface area contributed by atoms with Crippen molar-refractivity contribution in [3.05, 3.63) is 74.7 Å². The van der Waals surface area contributed by atoms with Gasteiger partial charge in [0.15, 0.2) is 17.1 Å². The molecule has 0 radical (unpaired) electrons. The number of H-pyrrole nitrogens is 1. The van der Waals surface area contributed by atoms with Gasteiger partial charge >= 0.3 is 6.18 Å². The quantitative estimate of drug-likeness (QED) is 0.310. The van der Waals surface area contributed by atoms with E-state index in [1.54, 1.807) is 18.9 Å². The largest absolute Gasteiger partial charge is 0.488 e. The summed E-state index contributed by atoms with van der Waals surface area (Å²) in [4.78, 5) is 36.7. The maximum absolute atomic E-state index is 14.9. The Labute approximate surface area is 222 Å². The number of aromatic nitrogens is 6. The molecule has 212 valence electrons. The predicted octanol–water partition coefficient (Wildman–Crippen LogP) is 3.52. The third-order valence-electron chi connectivity index (χ3n) is 5.93. The maximum Gasteiger partial charge on any atom is 0.425 e. The summed E-state index contributed by atoms with van der Waals surface area (Å²) in [5.41, 5.74) is -4.58.